The Morgan fingerprint density at radius 2 is 2.15 bits per heavy atom. The largest absolute Gasteiger partial charge is 0.466 e. The number of likely N-dealkylation sites (N-methyl/N-ethyl adjacent to an activating group) is 1. The number of hydrogen-bond donors (Lipinski definition) is 1. The molecule has 3 heterocycles. The van der Waals surface area contributed by atoms with Gasteiger partial charge in [-0.05, 0) is 51.6 Å². The number of amides is 1. The molecule has 2 aromatic rings. The highest BCUT2D eigenvalue weighted by Crippen LogP contribution is 2.17. The number of rotatable bonds is 7. The van der Waals surface area contributed by atoms with E-state index in [4.69, 9.17) is 9.15 Å². The second-order valence-electron chi connectivity index (χ2n) is 7.64. The SMILES string of the molecule is Cc1cc(CN(C[C@@H]2CN(C)CCO2)C(=O)CCc2ccc(C)o2)c(C)[nH]1. The van der Waals surface area contributed by atoms with Crippen LogP contribution in [0.5, 0.6) is 0 Å². The maximum Gasteiger partial charge on any atom is 0.223 e. The smallest absolute Gasteiger partial charge is 0.223 e. The zero-order chi connectivity index (χ0) is 19.4. The van der Waals surface area contributed by atoms with Gasteiger partial charge < -0.3 is 23.9 Å². The molecule has 148 valence electrons. The third-order valence-corrected chi connectivity index (χ3v) is 5.12. The molecular formula is C21H31N3O3. The van der Waals surface area contributed by atoms with Crippen LogP contribution in [0.1, 0.15) is 34.9 Å². The van der Waals surface area contributed by atoms with Gasteiger partial charge in [0, 0.05) is 50.4 Å². The number of ether oxygens (including phenoxy) is 1. The van der Waals surface area contributed by atoms with Gasteiger partial charge in [-0.3, -0.25) is 4.79 Å². The molecular weight excluding hydrogens is 342 g/mol. The van der Waals surface area contributed by atoms with Gasteiger partial charge in [-0.25, -0.2) is 0 Å². The fraction of sp³-hybridized carbons (Fsp3) is 0.571. The molecule has 1 fully saturated rings. The molecule has 2 aromatic heterocycles. The van der Waals surface area contributed by atoms with Gasteiger partial charge in [0.25, 0.3) is 0 Å². The van der Waals surface area contributed by atoms with Gasteiger partial charge in [0.05, 0.1) is 12.7 Å². The molecule has 0 aliphatic carbocycles. The van der Waals surface area contributed by atoms with E-state index >= 15 is 0 Å². The molecule has 3 rings (SSSR count). The van der Waals surface area contributed by atoms with E-state index in [1.54, 1.807) is 0 Å². The number of morpholine rings is 1. The second-order valence-corrected chi connectivity index (χ2v) is 7.64. The second kappa shape index (κ2) is 8.76. The molecule has 0 saturated carbocycles. The Balaban J connectivity index is 1.67. The first-order valence-corrected chi connectivity index (χ1v) is 9.69. The number of furan rings is 1. The molecule has 1 aliphatic rings. The minimum Gasteiger partial charge on any atom is -0.466 e. The summed E-state index contributed by atoms with van der Waals surface area (Å²) in [5, 5.41) is 0. The molecule has 1 aliphatic heterocycles. The summed E-state index contributed by atoms with van der Waals surface area (Å²) in [7, 11) is 2.10. The highest BCUT2D eigenvalue weighted by molar-refractivity contribution is 5.76. The van der Waals surface area contributed by atoms with Crippen LogP contribution in [0.25, 0.3) is 0 Å². The zero-order valence-corrected chi connectivity index (χ0v) is 16.9. The third kappa shape index (κ3) is 5.47. The van der Waals surface area contributed by atoms with E-state index in [9.17, 15) is 4.79 Å². The first-order chi connectivity index (χ1) is 12.9. The lowest BCUT2D eigenvalue weighted by Gasteiger charge is -2.34. The molecule has 6 heteroatoms. The standard InChI is InChI=1S/C21H31N3O3/c1-15-11-18(17(3)22-15)12-24(14-20-13-23(4)9-10-26-20)21(25)8-7-19-6-5-16(2)27-19/h5-6,11,20,22H,7-10,12-14H2,1-4H3/t20-/m0/s1. The molecule has 0 aromatic carbocycles. The Kier molecular flexibility index (Phi) is 6.39. The van der Waals surface area contributed by atoms with Crippen molar-refractivity contribution >= 4 is 5.91 Å². The lowest BCUT2D eigenvalue weighted by Crippen LogP contribution is -2.47. The average molecular weight is 373 g/mol. The fourth-order valence-corrected chi connectivity index (χ4v) is 3.64. The van der Waals surface area contributed by atoms with Gasteiger partial charge in [-0.1, -0.05) is 0 Å². The summed E-state index contributed by atoms with van der Waals surface area (Å²) in [5.41, 5.74) is 3.40. The number of hydrogen-bond acceptors (Lipinski definition) is 4. The van der Waals surface area contributed by atoms with Crippen LogP contribution in [0.4, 0.5) is 0 Å². The van der Waals surface area contributed by atoms with Crippen molar-refractivity contribution in [2.45, 2.75) is 46.3 Å². The highest BCUT2D eigenvalue weighted by atomic mass is 16.5. The van der Waals surface area contributed by atoms with Crippen LogP contribution in [0.15, 0.2) is 22.6 Å². The first kappa shape index (κ1) is 19.7. The van der Waals surface area contributed by atoms with Crippen molar-refractivity contribution in [2.75, 3.05) is 33.3 Å². The van der Waals surface area contributed by atoms with Gasteiger partial charge >= 0.3 is 0 Å². The Bertz CT molecular complexity index is 765. The van der Waals surface area contributed by atoms with Crippen molar-refractivity contribution in [1.82, 2.24) is 14.8 Å². The summed E-state index contributed by atoms with van der Waals surface area (Å²) in [4.78, 5) is 20.5. The zero-order valence-electron chi connectivity index (χ0n) is 16.9. The van der Waals surface area contributed by atoms with Gasteiger partial charge in [0.2, 0.25) is 5.91 Å². The number of carbonyl (C=O) groups excluding carboxylic acids is 1. The summed E-state index contributed by atoms with van der Waals surface area (Å²) in [6.07, 6.45) is 1.12. The van der Waals surface area contributed by atoms with Crippen LogP contribution < -0.4 is 0 Å². The van der Waals surface area contributed by atoms with Crippen LogP contribution in [-0.2, 0) is 22.5 Å². The molecule has 1 atom stereocenters. The Hall–Kier alpha value is -2.05. The maximum atomic E-state index is 13.0. The summed E-state index contributed by atoms with van der Waals surface area (Å²) < 4.78 is 11.5. The summed E-state index contributed by atoms with van der Waals surface area (Å²) >= 11 is 0. The number of aromatic nitrogens is 1. The molecule has 1 amide bonds. The lowest BCUT2D eigenvalue weighted by molar-refractivity contribution is -0.135. The minimum absolute atomic E-state index is 0.0545. The van der Waals surface area contributed by atoms with Crippen molar-refractivity contribution in [3.8, 4) is 0 Å². The Morgan fingerprint density at radius 1 is 1.33 bits per heavy atom. The number of nitrogens with one attached hydrogen (secondary N) is 1. The molecule has 0 unspecified atom stereocenters. The summed E-state index contributed by atoms with van der Waals surface area (Å²) in [6, 6.07) is 6.01. The van der Waals surface area contributed by atoms with Crippen molar-refractivity contribution in [3.63, 3.8) is 0 Å². The quantitative estimate of drug-likeness (QED) is 0.811. The van der Waals surface area contributed by atoms with Crippen molar-refractivity contribution < 1.29 is 13.9 Å². The average Bonchev–Trinajstić information content (AvgIpc) is 3.17. The van der Waals surface area contributed by atoms with E-state index in [1.165, 1.54) is 5.56 Å². The molecule has 27 heavy (non-hydrogen) atoms. The van der Waals surface area contributed by atoms with E-state index < -0.39 is 0 Å². The maximum absolute atomic E-state index is 13.0. The Labute approximate surface area is 161 Å². The number of nitrogens with zero attached hydrogens (tertiary/aromatic N) is 2. The van der Waals surface area contributed by atoms with Crippen LogP contribution in [0.3, 0.4) is 0 Å². The highest BCUT2D eigenvalue weighted by Gasteiger charge is 2.24. The molecule has 0 bridgehead atoms. The topological polar surface area (TPSA) is 61.7 Å². The van der Waals surface area contributed by atoms with Crippen molar-refractivity contribution in [1.29, 1.82) is 0 Å². The molecule has 0 spiro atoms. The lowest BCUT2D eigenvalue weighted by atomic mass is 10.1. The molecule has 0 radical (unpaired) electrons. The van der Waals surface area contributed by atoms with Gasteiger partial charge in [0.1, 0.15) is 11.5 Å². The van der Waals surface area contributed by atoms with E-state index in [1.807, 2.05) is 30.9 Å². The summed E-state index contributed by atoms with van der Waals surface area (Å²) in [6.45, 7) is 9.76. The fourth-order valence-electron chi connectivity index (χ4n) is 3.64. The number of carbonyl (C=O) groups is 1. The molecule has 1 saturated heterocycles. The number of H-pyrrole nitrogens is 1. The normalized spacial score (nSPS) is 18.0. The van der Waals surface area contributed by atoms with E-state index in [2.05, 4.69) is 29.9 Å². The number of aryl methyl sites for hydroxylation is 4. The number of aromatic amines is 1. The van der Waals surface area contributed by atoms with Crippen LogP contribution in [0, 0.1) is 20.8 Å². The van der Waals surface area contributed by atoms with Crippen LogP contribution >= 0.6 is 0 Å². The minimum atomic E-state index is 0.0545. The van der Waals surface area contributed by atoms with Crippen LogP contribution in [0.2, 0.25) is 0 Å². The van der Waals surface area contributed by atoms with E-state index in [0.717, 1.165) is 42.6 Å². The predicted octanol–water partition coefficient (Wildman–Crippen LogP) is 2.82. The monoisotopic (exact) mass is 373 g/mol. The van der Waals surface area contributed by atoms with Crippen LogP contribution in [-0.4, -0.2) is 60.1 Å². The van der Waals surface area contributed by atoms with Crippen molar-refractivity contribution in [3.05, 3.63) is 46.7 Å². The van der Waals surface area contributed by atoms with Crippen molar-refractivity contribution in [2.24, 2.45) is 0 Å². The van der Waals surface area contributed by atoms with Gasteiger partial charge in [-0.2, -0.15) is 0 Å². The van der Waals surface area contributed by atoms with Gasteiger partial charge in [0.15, 0.2) is 0 Å². The van der Waals surface area contributed by atoms with E-state index in [-0.39, 0.29) is 12.0 Å². The molecule has 1 N–H and O–H groups in total. The van der Waals surface area contributed by atoms with E-state index in [0.29, 0.717) is 25.9 Å². The van der Waals surface area contributed by atoms with Gasteiger partial charge in [-0.15, -0.1) is 0 Å². The molecule has 6 nitrogen and oxygen atoms in total. The first-order valence-electron chi connectivity index (χ1n) is 9.69. The predicted molar refractivity (Wildman–Crippen MR) is 105 cm³/mol. The summed E-state index contributed by atoms with van der Waals surface area (Å²) in [5.74, 6) is 1.88. The third-order valence-electron chi connectivity index (χ3n) is 5.12. The Morgan fingerprint density at radius 3 is 2.78 bits per heavy atom.